The van der Waals surface area contributed by atoms with Gasteiger partial charge in [-0.1, -0.05) is 12.1 Å². The highest BCUT2D eigenvalue weighted by atomic mass is 19.1. The van der Waals surface area contributed by atoms with Crippen LogP contribution in [0, 0.1) is 5.82 Å². The van der Waals surface area contributed by atoms with Crippen molar-refractivity contribution >= 4 is 0 Å². The van der Waals surface area contributed by atoms with Gasteiger partial charge in [0.1, 0.15) is 5.82 Å². The molecule has 2 N–H and O–H groups in total. The van der Waals surface area contributed by atoms with E-state index in [0.29, 0.717) is 6.42 Å². The van der Waals surface area contributed by atoms with Crippen molar-refractivity contribution in [1.29, 1.82) is 0 Å². The van der Waals surface area contributed by atoms with Gasteiger partial charge in [-0.2, -0.15) is 0 Å². The molecule has 0 amide bonds. The zero-order valence-corrected chi connectivity index (χ0v) is 8.55. The largest absolute Gasteiger partial charge is 0.396 e. The maximum Gasteiger partial charge on any atom is 0.123 e. The van der Waals surface area contributed by atoms with Crippen molar-refractivity contribution in [3.8, 4) is 0 Å². The van der Waals surface area contributed by atoms with Gasteiger partial charge in [-0.3, -0.25) is 0 Å². The van der Waals surface area contributed by atoms with Crippen molar-refractivity contribution in [2.45, 2.75) is 18.9 Å². The molecule has 0 fully saturated rings. The molecule has 3 heteroatoms. The molecule has 0 spiro atoms. The lowest BCUT2D eigenvalue weighted by Gasteiger charge is -2.29. The Kier molecular flexibility index (Phi) is 3.61. The van der Waals surface area contributed by atoms with Gasteiger partial charge < -0.3 is 10.4 Å². The molecule has 1 aromatic carbocycles. The maximum absolute atomic E-state index is 13.0. The fraction of sp³-hybridized carbons (Fsp3) is 0.455. The first kappa shape index (κ1) is 11.1. The zero-order chi connectivity index (χ0) is 10.6. The Labute approximate surface area is 83.8 Å². The van der Waals surface area contributed by atoms with Gasteiger partial charge >= 0.3 is 0 Å². The molecule has 0 aliphatic rings. The molecule has 0 saturated heterocycles. The molecular formula is C11H16FNO. The number of rotatable bonds is 4. The summed E-state index contributed by atoms with van der Waals surface area (Å²) in [7, 11) is 1.81. The third-order valence-electron chi connectivity index (χ3n) is 2.63. The van der Waals surface area contributed by atoms with E-state index in [-0.39, 0.29) is 18.0 Å². The van der Waals surface area contributed by atoms with Crippen LogP contribution >= 0.6 is 0 Å². The molecular weight excluding hydrogens is 181 g/mol. The minimum atomic E-state index is -0.364. The Balaban J connectivity index is 2.99. The smallest absolute Gasteiger partial charge is 0.123 e. The van der Waals surface area contributed by atoms with Crippen LogP contribution in [0.4, 0.5) is 4.39 Å². The Morgan fingerprint density at radius 2 is 2.21 bits per heavy atom. The molecule has 0 aliphatic heterocycles. The van der Waals surface area contributed by atoms with Crippen molar-refractivity contribution in [3.63, 3.8) is 0 Å². The van der Waals surface area contributed by atoms with Crippen LogP contribution < -0.4 is 5.32 Å². The zero-order valence-electron chi connectivity index (χ0n) is 8.55. The van der Waals surface area contributed by atoms with Crippen LogP contribution in [0.2, 0.25) is 0 Å². The molecule has 0 aliphatic carbocycles. The van der Waals surface area contributed by atoms with Gasteiger partial charge in [-0.15, -0.1) is 0 Å². The lowest BCUT2D eigenvalue weighted by atomic mass is 9.89. The molecule has 1 aromatic rings. The molecule has 14 heavy (non-hydrogen) atoms. The fourth-order valence-electron chi connectivity index (χ4n) is 1.47. The average Bonchev–Trinajstić information content (AvgIpc) is 2.18. The fourth-order valence-corrected chi connectivity index (χ4v) is 1.47. The molecule has 1 unspecified atom stereocenters. The number of halogens is 1. The summed E-state index contributed by atoms with van der Waals surface area (Å²) in [6.45, 7) is 2.02. The molecule has 78 valence electrons. The van der Waals surface area contributed by atoms with Crippen LogP contribution in [0.25, 0.3) is 0 Å². The Morgan fingerprint density at radius 3 is 2.71 bits per heavy atom. The molecule has 1 rings (SSSR count). The minimum absolute atomic E-state index is 0.0772. The van der Waals surface area contributed by atoms with Crippen LogP contribution in [0.1, 0.15) is 18.9 Å². The maximum atomic E-state index is 13.0. The van der Waals surface area contributed by atoms with E-state index in [1.807, 2.05) is 13.0 Å². The lowest BCUT2D eigenvalue weighted by Crippen LogP contribution is -2.37. The standard InChI is InChI=1S/C11H16FNO/c1-11(13-2,6-7-14)9-4-3-5-10(12)8-9/h3-5,8,13-14H,6-7H2,1-2H3. The Bertz CT molecular complexity index is 303. The minimum Gasteiger partial charge on any atom is -0.396 e. The predicted octanol–water partition coefficient (Wildman–Crippen LogP) is 1.64. The van der Waals surface area contributed by atoms with E-state index in [9.17, 15) is 4.39 Å². The van der Waals surface area contributed by atoms with Gasteiger partial charge in [0, 0.05) is 12.1 Å². The SMILES string of the molecule is CNC(C)(CCO)c1cccc(F)c1. The summed E-state index contributed by atoms with van der Waals surface area (Å²) in [6, 6.07) is 6.44. The highest BCUT2D eigenvalue weighted by Crippen LogP contribution is 2.24. The van der Waals surface area contributed by atoms with Crippen molar-refractivity contribution in [2.24, 2.45) is 0 Å². The summed E-state index contributed by atoms with van der Waals surface area (Å²) in [4.78, 5) is 0. The number of nitrogens with one attached hydrogen (secondary N) is 1. The third-order valence-corrected chi connectivity index (χ3v) is 2.63. The second kappa shape index (κ2) is 4.53. The van der Waals surface area contributed by atoms with Gasteiger partial charge in [0.15, 0.2) is 0 Å². The predicted molar refractivity (Wildman–Crippen MR) is 54.5 cm³/mol. The highest BCUT2D eigenvalue weighted by Gasteiger charge is 2.23. The molecule has 0 aromatic heterocycles. The van der Waals surface area contributed by atoms with E-state index in [2.05, 4.69) is 5.32 Å². The van der Waals surface area contributed by atoms with E-state index in [4.69, 9.17) is 5.11 Å². The normalized spacial score (nSPS) is 15.1. The van der Waals surface area contributed by atoms with Gasteiger partial charge in [0.05, 0.1) is 0 Å². The second-order valence-electron chi connectivity index (χ2n) is 3.57. The average molecular weight is 197 g/mol. The summed E-state index contributed by atoms with van der Waals surface area (Å²) < 4.78 is 13.0. The summed E-state index contributed by atoms with van der Waals surface area (Å²) >= 11 is 0. The summed E-state index contributed by atoms with van der Waals surface area (Å²) in [5.74, 6) is -0.248. The third kappa shape index (κ3) is 2.30. The number of aliphatic hydroxyl groups excluding tert-OH is 1. The number of aliphatic hydroxyl groups is 1. The van der Waals surface area contributed by atoms with Crippen LogP contribution in [0.15, 0.2) is 24.3 Å². The van der Waals surface area contributed by atoms with E-state index in [0.717, 1.165) is 5.56 Å². The van der Waals surface area contributed by atoms with Crippen LogP contribution in [-0.2, 0) is 5.54 Å². The van der Waals surface area contributed by atoms with Crippen LogP contribution in [0.5, 0.6) is 0 Å². The number of hydrogen-bond acceptors (Lipinski definition) is 2. The molecule has 1 atom stereocenters. The lowest BCUT2D eigenvalue weighted by molar-refractivity contribution is 0.228. The van der Waals surface area contributed by atoms with E-state index in [1.165, 1.54) is 12.1 Å². The molecule has 0 saturated carbocycles. The first-order valence-corrected chi connectivity index (χ1v) is 4.68. The van der Waals surface area contributed by atoms with Gasteiger partial charge in [-0.05, 0) is 38.1 Å². The van der Waals surface area contributed by atoms with Crippen molar-refractivity contribution < 1.29 is 9.50 Å². The van der Waals surface area contributed by atoms with Crippen LogP contribution in [-0.4, -0.2) is 18.8 Å². The van der Waals surface area contributed by atoms with Gasteiger partial charge in [0.2, 0.25) is 0 Å². The number of benzene rings is 1. The first-order valence-electron chi connectivity index (χ1n) is 4.68. The summed E-state index contributed by atoms with van der Waals surface area (Å²) in [5.41, 5.74) is 0.491. The topological polar surface area (TPSA) is 32.3 Å². The quantitative estimate of drug-likeness (QED) is 0.769. The van der Waals surface area contributed by atoms with Gasteiger partial charge in [0.25, 0.3) is 0 Å². The Hall–Kier alpha value is -0.930. The molecule has 0 bridgehead atoms. The van der Waals surface area contributed by atoms with E-state index in [1.54, 1.807) is 13.1 Å². The van der Waals surface area contributed by atoms with E-state index < -0.39 is 0 Å². The van der Waals surface area contributed by atoms with E-state index >= 15 is 0 Å². The Morgan fingerprint density at radius 1 is 1.50 bits per heavy atom. The highest BCUT2D eigenvalue weighted by molar-refractivity contribution is 5.24. The van der Waals surface area contributed by atoms with Crippen molar-refractivity contribution in [3.05, 3.63) is 35.6 Å². The van der Waals surface area contributed by atoms with Crippen molar-refractivity contribution in [2.75, 3.05) is 13.7 Å². The number of hydrogen-bond donors (Lipinski definition) is 2. The first-order chi connectivity index (χ1) is 6.62. The molecule has 0 radical (unpaired) electrons. The van der Waals surface area contributed by atoms with Crippen LogP contribution in [0.3, 0.4) is 0 Å². The van der Waals surface area contributed by atoms with Crippen molar-refractivity contribution in [1.82, 2.24) is 5.32 Å². The summed E-state index contributed by atoms with van der Waals surface area (Å²) in [5, 5.41) is 12.0. The monoisotopic (exact) mass is 197 g/mol. The summed E-state index contributed by atoms with van der Waals surface area (Å²) in [6.07, 6.45) is 0.562. The molecule has 2 nitrogen and oxygen atoms in total. The molecule has 0 heterocycles. The van der Waals surface area contributed by atoms with Gasteiger partial charge in [-0.25, -0.2) is 4.39 Å². The second-order valence-corrected chi connectivity index (χ2v) is 3.57.